The van der Waals surface area contributed by atoms with Gasteiger partial charge in [0.1, 0.15) is 12.2 Å². The number of benzene rings is 1. The molecule has 5 atom stereocenters. The Labute approximate surface area is 163 Å². The summed E-state index contributed by atoms with van der Waals surface area (Å²) in [5.74, 6) is 0.690. The van der Waals surface area contributed by atoms with E-state index in [9.17, 15) is 14.0 Å². The smallest absolute Gasteiger partial charge is 0.251 e. The molecule has 28 heavy (non-hydrogen) atoms. The summed E-state index contributed by atoms with van der Waals surface area (Å²) in [6, 6.07) is 9.25. The number of amides is 2. The van der Waals surface area contributed by atoms with Crippen molar-refractivity contribution in [2.45, 2.75) is 24.7 Å². The third-order valence-electron chi connectivity index (χ3n) is 6.12. The number of nitrogens with one attached hydrogen (secondary N) is 2. The van der Waals surface area contributed by atoms with Gasteiger partial charge in [-0.15, -0.1) is 0 Å². The van der Waals surface area contributed by atoms with Gasteiger partial charge in [-0.2, -0.15) is 5.26 Å². The Morgan fingerprint density at radius 1 is 1.21 bits per heavy atom. The molecule has 0 bridgehead atoms. The molecule has 4 rings (SSSR count). The fraction of sp³-hybridized carbons (Fsp3) is 0.550. The third kappa shape index (κ3) is 3.42. The molecule has 2 saturated heterocycles. The first-order valence-electron chi connectivity index (χ1n) is 9.65. The van der Waals surface area contributed by atoms with Crippen LogP contribution in [-0.4, -0.2) is 68.2 Å². The van der Waals surface area contributed by atoms with Gasteiger partial charge in [0.05, 0.1) is 19.2 Å². The Morgan fingerprint density at radius 3 is 2.50 bits per heavy atom. The van der Waals surface area contributed by atoms with Crippen LogP contribution in [0.3, 0.4) is 0 Å². The summed E-state index contributed by atoms with van der Waals surface area (Å²) < 4.78 is 13.5. The number of alkyl halides is 1. The number of hydrogen-bond donors (Lipinski definition) is 2. The van der Waals surface area contributed by atoms with Gasteiger partial charge in [0.15, 0.2) is 0 Å². The first-order chi connectivity index (χ1) is 13.5. The molecule has 3 fully saturated rings. The molecule has 1 unspecified atom stereocenters. The highest BCUT2D eigenvalue weighted by molar-refractivity contribution is 5.94. The van der Waals surface area contributed by atoms with Crippen molar-refractivity contribution >= 4 is 17.5 Å². The number of hydrogen-bond acceptors (Lipinski definition) is 5. The summed E-state index contributed by atoms with van der Waals surface area (Å²) in [4.78, 5) is 27.6. The van der Waals surface area contributed by atoms with Crippen LogP contribution in [0.25, 0.3) is 0 Å². The Hall–Kier alpha value is -2.66. The molecule has 1 aromatic carbocycles. The summed E-state index contributed by atoms with van der Waals surface area (Å²) in [5, 5.41) is 15.0. The van der Waals surface area contributed by atoms with Crippen LogP contribution >= 0.6 is 0 Å². The normalized spacial score (nSPS) is 30.7. The van der Waals surface area contributed by atoms with E-state index in [1.165, 1.54) is 4.90 Å². The lowest BCUT2D eigenvalue weighted by Gasteiger charge is -2.23. The molecule has 1 saturated carbocycles. The monoisotopic (exact) mass is 385 g/mol. The van der Waals surface area contributed by atoms with Crippen LogP contribution in [0.5, 0.6) is 0 Å². The van der Waals surface area contributed by atoms with Crippen LogP contribution in [0.15, 0.2) is 24.3 Å². The quantitative estimate of drug-likeness (QED) is 0.772. The van der Waals surface area contributed by atoms with E-state index in [0.29, 0.717) is 23.4 Å². The molecule has 8 heteroatoms. The maximum Gasteiger partial charge on any atom is 0.251 e. The zero-order valence-corrected chi connectivity index (χ0v) is 15.8. The molecular weight excluding hydrogens is 361 g/mol. The first kappa shape index (κ1) is 18.7. The van der Waals surface area contributed by atoms with Gasteiger partial charge in [-0.1, -0.05) is 0 Å². The fourth-order valence-corrected chi connectivity index (χ4v) is 4.50. The number of likely N-dealkylation sites (tertiary alicyclic amines) is 1. The van der Waals surface area contributed by atoms with Crippen LogP contribution in [-0.2, 0) is 4.79 Å². The van der Waals surface area contributed by atoms with E-state index in [0.717, 1.165) is 18.8 Å². The summed E-state index contributed by atoms with van der Waals surface area (Å²) in [7, 11) is 1.61. The lowest BCUT2D eigenvalue weighted by atomic mass is 10.2. The van der Waals surface area contributed by atoms with Crippen LogP contribution in [0.4, 0.5) is 10.1 Å². The van der Waals surface area contributed by atoms with Gasteiger partial charge in [-0.25, -0.2) is 4.39 Å². The van der Waals surface area contributed by atoms with Crippen molar-refractivity contribution in [1.29, 1.82) is 5.26 Å². The molecule has 1 aliphatic carbocycles. The Kier molecular flexibility index (Phi) is 4.94. The molecule has 3 aliphatic rings. The number of fused-ring (bicyclic) bond motifs is 1. The maximum atomic E-state index is 13.5. The second kappa shape index (κ2) is 7.40. The van der Waals surface area contributed by atoms with Gasteiger partial charge in [-0.3, -0.25) is 9.59 Å². The molecular formula is C20H24FN5O2. The van der Waals surface area contributed by atoms with Crippen molar-refractivity contribution in [1.82, 2.24) is 15.5 Å². The minimum atomic E-state index is -1.10. The van der Waals surface area contributed by atoms with E-state index in [4.69, 9.17) is 5.26 Å². The van der Waals surface area contributed by atoms with E-state index in [1.807, 2.05) is 30.3 Å². The molecule has 2 heterocycles. The van der Waals surface area contributed by atoms with Crippen LogP contribution < -0.4 is 15.5 Å². The lowest BCUT2D eigenvalue weighted by molar-refractivity contribution is -0.130. The van der Waals surface area contributed by atoms with E-state index >= 15 is 0 Å². The second-order valence-corrected chi connectivity index (χ2v) is 7.79. The zero-order chi connectivity index (χ0) is 19.8. The molecule has 148 valence electrons. The van der Waals surface area contributed by atoms with Crippen molar-refractivity contribution in [3.8, 4) is 6.07 Å². The predicted molar refractivity (Wildman–Crippen MR) is 101 cm³/mol. The van der Waals surface area contributed by atoms with Crippen LogP contribution in [0.1, 0.15) is 16.8 Å². The first-order valence-corrected chi connectivity index (χ1v) is 9.65. The molecule has 7 nitrogen and oxygen atoms in total. The van der Waals surface area contributed by atoms with Gasteiger partial charge in [-0.05, 0) is 36.1 Å². The highest BCUT2D eigenvalue weighted by Crippen LogP contribution is 2.46. The summed E-state index contributed by atoms with van der Waals surface area (Å²) in [5.41, 5.74) is 1.74. The van der Waals surface area contributed by atoms with E-state index in [2.05, 4.69) is 15.5 Å². The average molecular weight is 385 g/mol. The molecule has 0 radical (unpaired) electrons. The maximum absolute atomic E-state index is 13.5. The predicted octanol–water partition coefficient (Wildman–Crippen LogP) is 0.533. The van der Waals surface area contributed by atoms with Gasteiger partial charge >= 0.3 is 0 Å². The van der Waals surface area contributed by atoms with E-state index in [-0.39, 0.29) is 31.3 Å². The average Bonchev–Trinajstić information content (AvgIpc) is 3.04. The highest BCUT2D eigenvalue weighted by atomic mass is 19.1. The topological polar surface area (TPSA) is 88.5 Å². The number of nitrogens with zero attached hydrogens (tertiary/aromatic N) is 3. The lowest BCUT2D eigenvalue weighted by Crippen LogP contribution is -2.42. The number of halogens is 1. The molecule has 2 aliphatic heterocycles. The number of carbonyl (C=O) groups excluding carboxylic acids is 2. The number of rotatable bonds is 5. The van der Waals surface area contributed by atoms with Gasteiger partial charge in [0.25, 0.3) is 5.91 Å². The number of carbonyl (C=O) groups is 2. The van der Waals surface area contributed by atoms with Crippen molar-refractivity contribution in [2.24, 2.45) is 11.8 Å². The minimum absolute atomic E-state index is 0.0239. The van der Waals surface area contributed by atoms with Crippen molar-refractivity contribution in [3.63, 3.8) is 0 Å². The minimum Gasteiger partial charge on any atom is -0.371 e. The van der Waals surface area contributed by atoms with Crippen LogP contribution in [0.2, 0.25) is 0 Å². The zero-order valence-electron chi connectivity index (χ0n) is 15.8. The summed E-state index contributed by atoms with van der Waals surface area (Å²) >= 11 is 0. The molecule has 2 amide bonds. The van der Waals surface area contributed by atoms with Crippen molar-refractivity contribution < 1.29 is 14.0 Å². The fourth-order valence-electron chi connectivity index (χ4n) is 4.50. The second-order valence-electron chi connectivity index (χ2n) is 7.79. The highest BCUT2D eigenvalue weighted by Gasteiger charge is 2.55. The number of nitriles is 1. The van der Waals surface area contributed by atoms with Crippen molar-refractivity contribution in [2.75, 3.05) is 38.1 Å². The number of piperidine rings is 1. The molecule has 0 aromatic heterocycles. The number of anilines is 1. The Bertz CT molecular complexity index is 796. The summed E-state index contributed by atoms with van der Waals surface area (Å²) in [6.45, 7) is 2.00. The van der Waals surface area contributed by atoms with E-state index in [1.54, 1.807) is 7.05 Å². The van der Waals surface area contributed by atoms with Gasteiger partial charge in [0, 0.05) is 43.9 Å². The Balaban J connectivity index is 1.25. The molecule has 1 aromatic rings. The van der Waals surface area contributed by atoms with Gasteiger partial charge < -0.3 is 20.4 Å². The molecule has 0 spiro atoms. The largest absolute Gasteiger partial charge is 0.371 e. The SMILES string of the molecule is CNC(=O)c1ccc(N2C[C@@H]3C(NCC(=O)N4C[C@@H](F)C[C@H]4C#N)[C@@H]3C2)cc1. The van der Waals surface area contributed by atoms with Crippen LogP contribution in [0, 0.1) is 23.2 Å². The summed E-state index contributed by atoms with van der Waals surface area (Å²) in [6.07, 6.45) is -0.984. The van der Waals surface area contributed by atoms with Crippen molar-refractivity contribution in [3.05, 3.63) is 29.8 Å². The van der Waals surface area contributed by atoms with Gasteiger partial charge in [0.2, 0.25) is 5.91 Å². The standard InChI is InChI=1S/C20H24FN5O2/c1-23-20(28)12-2-4-14(5-3-12)25-10-16-17(11-25)19(16)24-8-18(27)26-9-13(21)6-15(26)7-22/h2-5,13,15-17,19,24H,6,8-11H2,1H3,(H,23,28)/t13-,15-,16-,17+,19?/m0/s1. The third-order valence-corrected chi connectivity index (χ3v) is 6.12. The van der Waals surface area contributed by atoms with E-state index < -0.39 is 12.2 Å². The Morgan fingerprint density at radius 2 is 1.89 bits per heavy atom. The molecule has 2 N–H and O–H groups in total.